The van der Waals surface area contributed by atoms with Crippen molar-refractivity contribution in [3.63, 3.8) is 0 Å². The van der Waals surface area contributed by atoms with Crippen molar-refractivity contribution in [3.8, 4) is 0 Å². The van der Waals surface area contributed by atoms with Crippen LogP contribution in [0.15, 0.2) is 49.6 Å². The van der Waals surface area contributed by atoms with E-state index in [2.05, 4.69) is 13.2 Å². The molecule has 0 aromatic heterocycles. The maximum Gasteiger partial charge on any atom is 0.338 e. The van der Waals surface area contributed by atoms with E-state index in [0.29, 0.717) is 26.1 Å². The molecule has 8 nitrogen and oxygen atoms in total. The van der Waals surface area contributed by atoms with Crippen molar-refractivity contribution in [2.45, 2.75) is 76.5 Å². The van der Waals surface area contributed by atoms with Gasteiger partial charge in [-0.05, 0) is 43.2 Å². The Morgan fingerprint density at radius 2 is 1.35 bits per heavy atom. The van der Waals surface area contributed by atoms with E-state index in [1.54, 1.807) is 30.4 Å². The van der Waals surface area contributed by atoms with Gasteiger partial charge < -0.3 is 28.4 Å². The molecule has 6 unspecified atom stereocenters. The average Bonchev–Trinajstić information content (AvgIpc) is 3.53. The number of rotatable bonds is 12. The van der Waals surface area contributed by atoms with Gasteiger partial charge >= 0.3 is 11.9 Å². The van der Waals surface area contributed by atoms with Gasteiger partial charge in [0.1, 0.15) is 24.4 Å². The second kappa shape index (κ2) is 12.8. The predicted octanol–water partition coefficient (Wildman–Crippen LogP) is 4.19. The molecule has 0 spiro atoms. The van der Waals surface area contributed by atoms with Gasteiger partial charge in [0, 0.05) is 0 Å². The number of carbonyl (C=O) groups excluding carboxylic acids is 2. The quantitative estimate of drug-likeness (QED) is 0.329. The van der Waals surface area contributed by atoms with Gasteiger partial charge in [-0.15, -0.1) is 0 Å². The fourth-order valence-corrected chi connectivity index (χ4v) is 3.91. The topological polar surface area (TPSA) is 89.5 Å². The van der Waals surface area contributed by atoms with Crippen LogP contribution in [0.1, 0.15) is 60.2 Å². The van der Waals surface area contributed by atoms with E-state index in [0.717, 1.165) is 12.8 Å². The second-order valence-electron chi connectivity index (χ2n) is 8.27. The van der Waals surface area contributed by atoms with Crippen LogP contribution >= 0.6 is 0 Å². The van der Waals surface area contributed by atoms with Gasteiger partial charge in [0.05, 0.1) is 24.3 Å². The van der Waals surface area contributed by atoms with Gasteiger partial charge in [0.15, 0.2) is 12.6 Å². The Morgan fingerprint density at radius 1 is 0.912 bits per heavy atom. The Balaban J connectivity index is 1.65. The summed E-state index contributed by atoms with van der Waals surface area (Å²) in [5.41, 5.74) is 0.517. The zero-order chi connectivity index (χ0) is 24.5. The molecule has 2 aliphatic rings. The van der Waals surface area contributed by atoms with Gasteiger partial charge in [-0.3, -0.25) is 0 Å². The van der Waals surface area contributed by atoms with E-state index < -0.39 is 36.7 Å². The summed E-state index contributed by atoms with van der Waals surface area (Å²) in [6, 6.07) is 6.32. The monoisotopic (exact) mass is 474 g/mol. The van der Waals surface area contributed by atoms with Crippen LogP contribution in [0.3, 0.4) is 0 Å². The lowest BCUT2D eigenvalue weighted by Crippen LogP contribution is -2.34. The third-order valence-corrected chi connectivity index (χ3v) is 5.68. The molecule has 0 bridgehead atoms. The minimum atomic E-state index is -0.537. The number of carbonyl (C=O) groups is 2. The fourth-order valence-electron chi connectivity index (χ4n) is 3.91. The minimum Gasteiger partial charge on any atom is -0.456 e. The van der Waals surface area contributed by atoms with Crippen molar-refractivity contribution >= 4 is 11.9 Å². The molecule has 6 atom stereocenters. The van der Waals surface area contributed by atoms with Gasteiger partial charge in [-0.2, -0.15) is 0 Å². The normalized spacial score (nSPS) is 25.9. The first-order chi connectivity index (χ1) is 16.5. The second-order valence-corrected chi connectivity index (χ2v) is 8.27. The summed E-state index contributed by atoms with van der Waals surface area (Å²) in [6.07, 6.45) is 3.29. The Bertz CT molecular complexity index is 788. The zero-order valence-electron chi connectivity index (χ0n) is 19.9. The molecule has 1 aromatic rings. The molecule has 0 N–H and O–H groups in total. The van der Waals surface area contributed by atoms with E-state index in [1.807, 2.05) is 13.8 Å². The molecule has 34 heavy (non-hydrogen) atoms. The van der Waals surface area contributed by atoms with E-state index >= 15 is 0 Å². The fraction of sp³-hybridized carbons (Fsp3) is 0.538. The van der Waals surface area contributed by atoms with Gasteiger partial charge in [-0.25, -0.2) is 9.59 Å². The van der Waals surface area contributed by atoms with Crippen LogP contribution in [0.4, 0.5) is 0 Å². The lowest BCUT2D eigenvalue weighted by atomic mass is 10.1. The molecule has 0 amide bonds. The summed E-state index contributed by atoms with van der Waals surface area (Å²) in [5, 5.41) is 0. The summed E-state index contributed by atoms with van der Waals surface area (Å²) in [5.74, 6) is -1.07. The summed E-state index contributed by atoms with van der Waals surface area (Å²) in [6.45, 7) is 12.0. The molecule has 3 rings (SSSR count). The van der Waals surface area contributed by atoms with Crippen molar-refractivity contribution in [1.29, 1.82) is 0 Å². The highest BCUT2D eigenvalue weighted by Crippen LogP contribution is 2.23. The largest absolute Gasteiger partial charge is 0.456 e. The van der Waals surface area contributed by atoms with Crippen molar-refractivity contribution < 1.29 is 38.0 Å². The molecule has 0 radical (unpaired) electrons. The zero-order valence-corrected chi connectivity index (χ0v) is 19.9. The SMILES string of the molecule is C=CC1OCC(C(CCC)OC(=O)c2cccc(C(=O)OC(CCC)C3COC(C=C)O3)c2)O1. The van der Waals surface area contributed by atoms with Crippen molar-refractivity contribution in [2.24, 2.45) is 0 Å². The Kier molecular flexibility index (Phi) is 9.83. The van der Waals surface area contributed by atoms with E-state index in [-0.39, 0.29) is 23.3 Å². The lowest BCUT2D eigenvalue weighted by Gasteiger charge is -2.23. The molecule has 8 heteroatoms. The highest BCUT2D eigenvalue weighted by molar-refractivity contribution is 5.95. The lowest BCUT2D eigenvalue weighted by molar-refractivity contribution is -0.0617. The average molecular weight is 475 g/mol. The third-order valence-electron chi connectivity index (χ3n) is 5.68. The Hall–Kier alpha value is -2.52. The number of benzene rings is 1. The first-order valence-electron chi connectivity index (χ1n) is 11.8. The minimum absolute atomic E-state index is 0.258. The third kappa shape index (κ3) is 6.76. The highest BCUT2D eigenvalue weighted by atomic mass is 16.7. The maximum atomic E-state index is 12.9. The molecule has 0 aliphatic carbocycles. The van der Waals surface area contributed by atoms with Crippen LogP contribution in [0.2, 0.25) is 0 Å². The molecular formula is C26H34O8. The van der Waals surface area contributed by atoms with Crippen molar-refractivity contribution in [1.82, 2.24) is 0 Å². The number of esters is 2. The van der Waals surface area contributed by atoms with Crippen molar-refractivity contribution in [2.75, 3.05) is 13.2 Å². The van der Waals surface area contributed by atoms with Crippen molar-refractivity contribution in [3.05, 3.63) is 60.7 Å². The van der Waals surface area contributed by atoms with Crippen LogP contribution in [0.5, 0.6) is 0 Å². The maximum absolute atomic E-state index is 12.9. The number of hydrogen-bond acceptors (Lipinski definition) is 8. The van der Waals surface area contributed by atoms with Gasteiger partial charge in [-0.1, -0.05) is 45.9 Å². The molecule has 1 aromatic carbocycles. The van der Waals surface area contributed by atoms with Gasteiger partial charge in [0.2, 0.25) is 0 Å². The predicted molar refractivity (Wildman–Crippen MR) is 124 cm³/mol. The van der Waals surface area contributed by atoms with E-state index in [4.69, 9.17) is 28.4 Å². The van der Waals surface area contributed by atoms with Crippen LogP contribution < -0.4 is 0 Å². The summed E-state index contributed by atoms with van der Waals surface area (Å²) in [4.78, 5) is 25.8. The van der Waals surface area contributed by atoms with E-state index in [9.17, 15) is 9.59 Å². The molecular weight excluding hydrogens is 440 g/mol. The van der Waals surface area contributed by atoms with Crippen LogP contribution in [0.25, 0.3) is 0 Å². The standard InChI is InChI=1S/C26H34O8/c1-5-10-19(21-15-29-23(7-3)31-21)33-25(27)17-12-9-13-18(14-17)26(28)34-20(11-6-2)22-16-30-24(8-4)32-22/h7-9,12-14,19-24H,3-6,10-11,15-16H2,1-2H3. The van der Waals surface area contributed by atoms with Crippen LogP contribution in [-0.4, -0.2) is 62.1 Å². The first-order valence-corrected chi connectivity index (χ1v) is 11.8. The number of ether oxygens (including phenoxy) is 6. The van der Waals surface area contributed by atoms with Gasteiger partial charge in [0.25, 0.3) is 0 Å². The molecule has 2 heterocycles. The first kappa shape index (κ1) is 26.1. The molecule has 2 fully saturated rings. The molecule has 2 aliphatic heterocycles. The Morgan fingerprint density at radius 3 is 1.71 bits per heavy atom. The van der Waals surface area contributed by atoms with Crippen LogP contribution in [0, 0.1) is 0 Å². The smallest absolute Gasteiger partial charge is 0.338 e. The molecule has 2 saturated heterocycles. The Labute approximate surface area is 200 Å². The summed E-state index contributed by atoms with van der Waals surface area (Å²) in [7, 11) is 0. The molecule has 0 saturated carbocycles. The van der Waals surface area contributed by atoms with E-state index in [1.165, 1.54) is 6.07 Å². The summed E-state index contributed by atoms with van der Waals surface area (Å²) >= 11 is 0. The number of hydrogen-bond donors (Lipinski definition) is 0. The summed E-state index contributed by atoms with van der Waals surface area (Å²) < 4.78 is 33.9. The van der Waals surface area contributed by atoms with Crippen LogP contribution in [-0.2, 0) is 28.4 Å². The molecule has 186 valence electrons. The highest BCUT2D eigenvalue weighted by Gasteiger charge is 2.35.